The minimum Gasteiger partial charge on any atom is -0.435 e. The number of aliphatic imine (C=N–C) groups is 1. The monoisotopic (exact) mass is 445 g/mol. The molecule has 22 heavy (non-hydrogen) atoms. The Bertz CT molecular complexity index is 450. The molecule has 0 saturated heterocycles. The smallest absolute Gasteiger partial charge is 0.387 e. The zero-order valence-electron chi connectivity index (χ0n) is 12.6. The minimum absolute atomic E-state index is 0. The number of rotatable bonds is 8. The molecule has 4 nitrogen and oxygen atoms in total. The van der Waals surface area contributed by atoms with E-state index < -0.39 is 6.61 Å². The van der Waals surface area contributed by atoms with E-state index in [9.17, 15) is 8.78 Å². The van der Waals surface area contributed by atoms with Crippen LogP contribution in [-0.4, -0.2) is 37.7 Å². The number of hydrogen-bond acceptors (Lipinski definition) is 3. The van der Waals surface area contributed by atoms with Gasteiger partial charge in [0.1, 0.15) is 5.75 Å². The summed E-state index contributed by atoms with van der Waals surface area (Å²) in [4.78, 5) is 4.42. The Hall–Kier alpha value is -0.770. The van der Waals surface area contributed by atoms with Gasteiger partial charge in [-0.25, -0.2) is 4.99 Å². The average molecular weight is 445 g/mol. The van der Waals surface area contributed by atoms with Gasteiger partial charge in [0.15, 0.2) is 5.96 Å². The molecule has 1 aromatic rings. The first-order valence-corrected chi connectivity index (χ1v) is 8.10. The van der Waals surface area contributed by atoms with Crippen LogP contribution in [0.2, 0.25) is 0 Å². The Morgan fingerprint density at radius 3 is 2.77 bits per heavy atom. The molecule has 0 aromatic heterocycles. The fourth-order valence-corrected chi connectivity index (χ4v) is 1.91. The Kier molecular flexibility index (Phi) is 12.3. The summed E-state index contributed by atoms with van der Waals surface area (Å²) in [7, 11) is 0. The van der Waals surface area contributed by atoms with Gasteiger partial charge in [-0.15, -0.1) is 24.0 Å². The highest BCUT2D eigenvalue weighted by molar-refractivity contribution is 14.0. The molecular formula is C14H22F2IN3OS. The van der Waals surface area contributed by atoms with Crippen molar-refractivity contribution >= 4 is 41.7 Å². The predicted molar refractivity (Wildman–Crippen MR) is 99.7 cm³/mol. The number of alkyl halides is 2. The summed E-state index contributed by atoms with van der Waals surface area (Å²) in [6.45, 7) is 1.16. The predicted octanol–water partition coefficient (Wildman–Crippen LogP) is 3.32. The molecule has 2 N–H and O–H groups in total. The topological polar surface area (TPSA) is 45.7 Å². The van der Waals surface area contributed by atoms with Gasteiger partial charge in [0.05, 0.1) is 6.54 Å². The third-order valence-corrected chi connectivity index (χ3v) is 3.10. The van der Waals surface area contributed by atoms with E-state index in [2.05, 4.69) is 20.4 Å². The first-order chi connectivity index (χ1) is 10.2. The lowest BCUT2D eigenvalue weighted by Gasteiger charge is -2.11. The summed E-state index contributed by atoms with van der Waals surface area (Å²) in [5, 5.41) is 6.34. The molecule has 0 amide bonds. The van der Waals surface area contributed by atoms with Crippen molar-refractivity contribution in [2.24, 2.45) is 4.99 Å². The van der Waals surface area contributed by atoms with Crippen molar-refractivity contribution in [3.8, 4) is 5.75 Å². The second-order valence-electron chi connectivity index (χ2n) is 4.14. The fourth-order valence-electron chi connectivity index (χ4n) is 1.60. The quantitative estimate of drug-likeness (QED) is 0.279. The molecule has 0 aliphatic rings. The second kappa shape index (κ2) is 12.7. The Balaban J connectivity index is 0.00000441. The van der Waals surface area contributed by atoms with Gasteiger partial charge in [-0.2, -0.15) is 20.5 Å². The lowest BCUT2D eigenvalue weighted by Crippen LogP contribution is -2.38. The van der Waals surface area contributed by atoms with Crippen molar-refractivity contribution < 1.29 is 13.5 Å². The molecule has 0 aliphatic carbocycles. The van der Waals surface area contributed by atoms with Crippen molar-refractivity contribution in [3.63, 3.8) is 0 Å². The molecule has 0 atom stereocenters. The van der Waals surface area contributed by atoms with Gasteiger partial charge in [-0.3, -0.25) is 0 Å². The van der Waals surface area contributed by atoms with Gasteiger partial charge in [0.2, 0.25) is 0 Å². The van der Waals surface area contributed by atoms with Gasteiger partial charge in [-0.05, 0) is 30.9 Å². The van der Waals surface area contributed by atoms with E-state index in [0.29, 0.717) is 12.5 Å². The van der Waals surface area contributed by atoms with E-state index in [-0.39, 0.29) is 29.7 Å². The van der Waals surface area contributed by atoms with Gasteiger partial charge in [0.25, 0.3) is 0 Å². The third kappa shape index (κ3) is 9.29. The second-order valence-corrected chi connectivity index (χ2v) is 5.13. The van der Waals surface area contributed by atoms with Crippen LogP contribution in [0.1, 0.15) is 12.5 Å². The third-order valence-electron chi connectivity index (χ3n) is 2.49. The number of nitrogens with one attached hydrogen (secondary N) is 2. The molecule has 0 aliphatic heterocycles. The summed E-state index contributed by atoms with van der Waals surface area (Å²) in [6, 6.07) is 6.58. The molecule has 0 bridgehead atoms. The van der Waals surface area contributed by atoms with Gasteiger partial charge < -0.3 is 15.4 Å². The van der Waals surface area contributed by atoms with E-state index in [4.69, 9.17) is 0 Å². The minimum atomic E-state index is -2.81. The molecule has 0 radical (unpaired) electrons. The number of halogens is 3. The molecule has 0 unspecified atom stereocenters. The Morgan fingerprint density at radius 2 is 2.14 bits per heavy atom. The lowest BCUT2D eigenvalue weighted by atomic mass is 10.2. The van der Waals surface area contributed by atoms with Crippen LogP contribution >= 0.6 is 35.7 Å². The van der Waals surface area contributed by atoms with Crippen LogP contribution in [0.25, 0.3) is 0 Å². The maximum Gasteiger partial charge on any atom is 0.387 e. The van der Waals surface area contributed by atoms with E-state index in [1.165, 1.54) is 6.07 Å². The first-order valence-electron chi connectivity index (χ1n) is 6.70. The molecular weight excluding hydrogens is 423 g/mol. The van der Waals surface area contributed by atoms with E-state index in [1.807, 2.05) is 19.2 Å². The first kappa shape index (κ1) is 21.2. The highest BCUT2D eigenvalue weighted by atomic mass is 127. The molecule has 0 heterocycles. The highest BCUT2D eigenvalue weighted by Crippen LogP contribution is 2.16. The molecule has 0 fully saturated rings. The van der Waals surface area contributed by atoms with Crippen molar-refractivity contribution in [1.29, 1.82) is 0 Å². The van der Waals surface area contributed by atoms with Crippen molar-refractivity contribution in [1.82, 2.24) is 10.6 Å². The number of nitrogens with zero attached hydrogens (tertiary/aromatic N) is 1. The standard InChI is InChI=1S/C14H21F2N3OS.HI/c1-3-17-14(18-7-8-21-2)19-10-11-5-4-6-12(9-11)20-13(15)16;/h4-6,9,13H,3,7-8,10H2,1-2H3,(H2,17,18,19);1H. The normalized spacial score (nSPS) is 11.0. The molecule has 8 heteroatoms. The number of thioether (sulfide) groups is 1. The van der Waals surface area contributed by atoms with Crippen LogP contribution in [0, 0.1) is 0 Å². The van der Waals surface area contributed by atoms with Crippen LogP contribution in [0.5, 0.6) is 5.75 Å². The van der Waals surface area contributed by atoms with Gasteiger partial charge in [0, 0.05) is 18.8 Å². The summed E-state index contributed by atoms with van der Waals surface area (Å²) < 4.78 is 28.7. The largest absolute Gasteiger partial charge is 0.435 e. The van der Waals surface area contributed by atoms with E-state index in [0.717, 1.165) is 24.4 Å². The molecule has 0 saturated carbocycles. The number of guanidine groups is 1. The highest BCUT2D eigenvalue weighted by Gasteiger charge is 2.04. The maximum atomic E-state index is 12.2. The van der Waals surface area contributed by atoms with Crippen molar-refractivity contribution in [2.45, 2.75) is 20.1 Å². The van der Waals surface area contributed by atoms with Crippen LogP contribution < -0.4 is 15.4 Å². The summed E-state index contributed by atoms with van der Waals surface area (Å²) in [5.41, 5.74) is 0.815. The Labute approximate surface area is 151 Å². The SMILES string of the molecule is CCNC(=NCc1cccc(OC(F)F)c1)NCCSC.I. The number of benzene rings is 1. The zero-order chi connectivity index (χ0) is 15.5. The summed E-state index contributed by atoms with van der Waals surface area (Å²) >= 11 is 1.75. The molecule has 1 aromatic carbocycles. The number of hydrogen-bond donors (Lipinski definition) is 2. The lowest BCUT2D eigenvalue weighted by molar-refractivity contribution is -0.0498. The Morgan fingerprint density at radius 1 is 1.36 bits per heavy atom. The molecule has 1 rings (SSSR count). The van der Waals surface area contributed by atoms with Gasteiger partial charge >= 0.3 is 6.61 Å². The van der Waals surface area contributed by atoms with Crippen LogP contribution in [-0.2, 0) is 6.54 Å². The van der Waals surface area contributed by atoms with Crippen molar-refractivity contribution in [2.75, 3.05) is 25.1 Å². The average Bonchev–Trinajstić information content (AvgIpc) is 2.44. The van der Waals surface area contributed by atoms with Crippen LogP contribution in [0.3, 0.4) is 0 Å². The van der Waals surface area contributed by atoms with Gasteiger partial charge in [-0.1, -0.05) is 12.1 Å². The van der Waals surface area contributed by atoms with Crippen molar-refractivity contribution in [3.05, 3.63) is 29.8 Å². The van der Waals surface area contributed by atoms with Crippen LogP contribution in [0.4, 0.5) is 8.78 Å². The molecule has 0 spiro atoms. The van der Waals surface area contributed by atoms with E-state index >= 15 is 0 Å². The fraction of sp³-hybridized carbons (Fsp3) is 0.500. The zero-order valence-corrected chi connectivity index (χ0v) is 15.8. The maximum absolute atomic E-state index is 12.2. The number of ether oxygens (including phenoxy) is 1. The van der Waals surface area contributed by atoms with Crippen LogP contribution in [0.15, 0.2) is 29.3 Å². The summed E-state index contributed by atoms with van der Waals surface area (Å²) in [6.07, 6.45) is 2.04. The summed E-state index contributed by atoms with van der Waals surface area (Å²) in [5.74, 6) is 1.85. The molecule has 126 valence electrons. The van der Waals surface area contributed by atoms with E-state index in [1.54, 1.807) is 23.9 Å².